The predicted octanol–water partition coefficient (Wildman–Crippen LogP) is 0.291. The van der Waals surface area contributed by atoms with E-state index in [1.165, 1.54) is 0 Å². The van der Waals surface area contributed by atoms with Crippen molar-refractivity contribution in [1.82, 2.24) is 25.1 Å². The summed E-state index contributed by atoms with van der Waals surface area (Å²) in [7, 11) is 1.82. The van der Waals surface area contributed by atoms with E-state index in [9.17, 15) is 14.7 Å². The molecule has 134 valence electrons. The van der Waals surface area contributed by atoms with Crippen molar-refractivity contribution in [3.8, 4) is 0 Å². The summed E-state index contributed by atoms with van der Waals surface area (Å²) in [5, 5.41) is 16.8. The van der Waals surface area contributed by atoms with E-state index in [-0.39, 0.29) is 36.0 Å². The molecular formula is C17H23N5O3. The van der Waals surface area contributed by atoms with Crippen LogP contribution in [0.1, 0.15) is 41.5 Å². The zero-order chi connectivity index (χ0) is 18.1. The predicted molar refractivity (Wildman–Crippen MR) is 90.9 cm³/mol. The van der Waals surface area contributed by atoms with Gasteiger partial charge in [0.25, 0.3) is 5.56 Å². The Labute approximate surface area is 145 Å². The highest BCUT2D eigenvalue weighted by Gasteiger charge is 2.36. The molecule has 0 unspecified atom stereocenters. The Kier molecular flexibility index (Phi) is 4.71. The number of hydrogen-bond donors (Lipinski definition) is 3. The normalized spacial score (nSPS) is 20.8. The van der Waals surface area contributed by atoms with Gasteiger partial charge in [-0.25, -0.2) is 4.98 Å². The fourth-order valence-corrected chi connectivity index (χ4v) is 3.32. The fourth-order valence-electron chi connectivity index (χ4n) is 3.32. The molecular weight excluding hydrogens is 322 g/mol. The third kappa shape index (κ3) is 3.79. The third-order valence-corrected chi connectivity index (χ3v) is 4.70. The number of amides is 1. The van der Waals surface area contributed by atoms with E-state index in [0.29, 0.717) is 29.9 Å². The zero-order valence-electron chi connectivity index (χ0n) is 14.6. The first-order chi connectivity index (χ1) is 11.8. The lowest BCUT2D eigenvalue weighted by atomic mass is 9.75. The number of aromatic amines is 1. The van der Waals surface area contributed by atoms with Gasteiger partial charge in [-0.15, -0.1) is 0 Å². The van der Waals surface area contributed by atoms with E-state index >= 15 is 0 Å². The number of H-pyrrole nitrogens is 1. The number of aromatic nitrogens is 4. The van der Waals surface area contributed by atoms with Crippen LogP contribution in [-0.2, 0) is 18.3 Å². The van der Waals surface area contributed by atoms with Crippen molar-refractivity contribution in [3.63, 3.8) is 0 Å². The highest BCUT2D eigenvalue weighted by molar-refractivity contribution is 5.79. The van der Waals surface area contributed by atoms with Gasteiger partial charge in [0, 0.05) is 30.1 Å². The smallest absolute Gasteiger partial charge is 0.254 e. The van der Waals surface area contributed by atoms with Crippen LogP contribution in [0.3, 0.4) is 0 Å². The Morgan fingerprint density at radius 2 is 2.20 bits per heavy atom. The number of rotatable bonds is 5. The summed E-state index contributed by atoms with van der Waals surface area (Å²) in [6.45, 7) is 3.43. The molecule has 8 heteroatoms. The lowest BCUT2D eigenvalue weighted by Crippen LogP contribution is -2.42. The fraction of sp³-hybridized carbons (Fsp3) is 0.529. The summed E-state index contributed by atoms with van der Waals surface area (Å²) in [5.74, 6) is 0.455. The Bertz CT molecular complexity index is 835. The van der Waals surface area contributed by atoms with E-state index in [4.69, 9.17) is 0 Å². The number of aryl methyl sites for hydroxylation is 3. The van der Waals surface area contributed by atoms with Crippen molar-refractivity contribution in [2.24, 2.45) is 13.0 Å². The minimum atomic E-state index is -0.313. The Morgan fingerprint density at radius 3 is 2.76 bits per heavy atom. The van der Waals surface area contributed by atoms with Crippen LogP contribution in [0.15, 0.2) is 17.2 Å². The van der Waals surface area contributed by atoms with Gasteiger partial charge in [0.15, 0.2) is 0 Å². The van der Waals surface area contributed by atoms with Gasteiger partial charge in [-0.05, 0) is 32.6 Å². The molecule has 0 spiro atoms. The first-order valence-corrected chi connectivity index (χ1v) is 8.36. The minimum absolute atomic E-state index is 0.0273. The average Bonchev–Trinajstić information content (AvgIpc) is 2.92. The number of aliphatic hydroxyl groups excluding tert-OH is 1. The van der Waals surface area contributed by atoms with Crippen LogP contribution in [0.5, 0.6) is 0 Å². The average molecular weight is 345 g/mol. The van der Waals surface area contributed by atoms with Crippen LogP contribution < -0.4 is 10.9 Å². The standard InChI is InChI=1S/C17H23N5O3/c1-9-14(17(25)20-10(2)19-9)6-15(24)21-16(11-4-13(23)5-11)12-7-18-22(3)8-12/h7-8,11,13,16,23H,4-6H2,1-3H3,(H,21,24)(H,19,20,25)/t11?,13?,16-/m1/s1. The molecule has 0 radical (unpaired) electrons. The second-order valence-corrected chi connectivity index (χ2v) is 6.77. The van der Waals surface area contributed by atoms with Crippen LogP contribution in [0.4, 0.5) is 0 Å². The van der Waals surface area contributed by atoms with Crippen LogP contribution in [0.2, 0.25) is 0 Å². The summed E-state index contributed by atoms with van der Waals surface area (Å²) in [6, 6.07) is -0.220. The summed E-state index contributed by atoms with van der Waals surface area (Å²) < 4.78 is 1.68. The highest BCUT2D eigenvalue weighted by atomic mass is 16.3. The van der Waals surface area contributed by atoms with Crippen LogP contribution >= 0.6 is 0 Å². The molecule has 2 aromatic heterocycles. The lowest BCUT2D eigenvalue weighted by molar-refractivity contribution is -0.122. The largest absolute Gasteiger partial charge is 0.393 e. The molecule has 1 aliphatic carbocycles. The van der Waals surface area contributed by atoms with Gasteiger partial charge in [-0.3, -0.25) is 14.3 Å². The van der Waals surface area contributed by atoms with Gasteiger partial charge in [0.05, 0.1) is 24.8 Å². The second kappa shape index (κ2) is 6.79. The maximum atomic E-state index is 12.5. The molecule has 1 fully saturated rings. The number of nitrogens with one attached hydrogen (secondary N) is 2. The minimum Gasteiger partial charge on any atom is -0.393 e. The van der Waals surface area contributed by atoms with Gasteiger partial charge in [0.1, 0.15) is 5.82 Å². The maximum absolute atomic E-state index is 12.5. The van der Waals surface area contributed by atoms with Crippen molar-refractivity contribution in [3.05, 3.63) is 45.4 Å². The number of nitrogens with zero attached hydrogens (tertiary/aromatic N) is 3. The monoisotopic (exact) mass is 345 g/mol. The summed E-state index contributed by atoms with van der Waals surface area (Å²) in [4.78, 5) is 31.5. The van der Waals surface area contributed by atoms with E-state index in [1.54, 1.807) is 24.7 Å². The first-order valence-electron chi connectivity index (χ1n) is 8.36. The molecule has 25 heavy (non-hydrogen) atoms. The van der Waals surface area contributed by atoms with Crippen molar-refractivity contribution < 1.29 is 9.90 Å². The number of aliphatic hydroxyl groups is 1. The molecule has 2 aromatic rings. The third-order valence-electron chi connectivity index (χ3n) is 4.70. The van der Waals surface area contributed by atoms with Gasteiger partial charge < -0.3 is 15.4 Å². The van der Waals surface area contributed by atoms with Crippen LogP contribution in [-0.4, -0.2) is 36.9 Å². The van der Waals surface area contributed by atoms with Crippen molar-refractivity contribution >= 4 is 5.91 Å². The lowest BCUT2D eigenvalue weighted by Gasteiger charge is -2.37. The van der Waals surface area contributed by atoms with Crippen molar-refractivity contribution in [2.45, 2.75) is 45.3 Å². The molecule has 8 nitrogen and oxygen atoms in total. The number of carbonyl (C=O) groups is 1. The van der Waals surface area contributed by atoms with Gasteiger partial charge >= 0.3 is 0 Å². The molecule has 1 atom stereocenters. The second-order valence-electron chi connectivity index (χ2n) is 6.77. The molecule has 1 saturated carbocycles. The molecule has 0 aromatic carbocycles. The molecule has 0 bridgehead atoms. The van der Waals surface area contributed by atoms with Gasteiger partial charge in [-0.2, -0.15) is 5.10 Å². The van der Waals surface area contributed by atoms with E-state index in [2.05, 4.69) is 20.4 Å². The number of carbonyl (C=O) groups excluding carboxylic acids is 1. The van der Waals surface area contributed by atoms with E-state index < -0.39 is 0 Å². The molecule has 2 heterocycles. The van der Waals surface area contributed by atoms with Gasteiger partial charge in [0.2, 0.25) is 5.91 Å². The SMILES string of the molecule is Cc1nc(C)c(CC(=O)N[C@@H](c2cnn(C)c2)C2CC(O)C2)c(=O)[nH]1. The molecule has 0 saturated heterocycles. The molecule has 0 aliphatic heterocycles. The summed E-state index contributed by atoms with van der Waals surface area (Å²) in [6.07, 6.45) is 4.53. The quantitative estimate of drug-likeness (QED) is 0.721. The summed E-state index contributed by atoms with van der Waals surface area (Å²) in [5.41, 5.74) is 1.56. The zero-order valence-corrected chi connectivity index (χ0v) is 14.6. The maximum Gasteiger partial charge on any atom is 0.254 e. The van der Waals surface area contributed by atoms with E-state index in [1.807, 2.05) is 13.2 Å². The van der Waals surface area contributed by atoms with Crippen molar-refractivity contribution in [2.75, 3.05) is 0 Å². The molecule has 1 amide bonds. The van der Waals surface area contributed by atoms with Crippen molar-refractivity contribution in [1.29, 1.82) is 0 Å². The van der Waals surface area contributed by atoms with Crippen LogP contribution in [0.25, 0.3) is 0 Å². The highest BCUT2D eigenvalue weighted by Crippen LogP contribution is 2.37. The topological polar surface area (TPSA) is 113 Å². The van der Waals surface area contributed by atoms with E-state index in [0.717, 1.165) is 5.56 Å². The van der Waals surface area contributed by atoms with Gasteiger partial charge in [-0.1, -0.05) is 0 Å². The Hall–Kier alpha value is -2.48. The first kappa shape index (κ1) is 17.3. The molecule has 3 N–H and O–H groups in total. The molecule has 3 rings (SSSR count). The number of hydrogen-bond acceptors (Lipinski definition) is 5. The van der Waals surface area contributed by atoms with Crippen LogP contribution in [0, 0.1) is 19.8 Å². The summed E-state index contributed by atoms with van der Waals surface area (Å²) >= 11 is 0. The molecule has 1 aliphatic rings. The Morgan fingerprint density at radius 1 is 1.48 bits per heavy atom. The Balaban J connectivity index is 1.76.